The van der Waals surface area contributed by atoms with Gasteiger partial charge < -0.3 is 14.4 Å². The monoisotopic (exact) mass is 418 g/mol. The van der Waals surface area contributed by atoms with E-state index in [1.54, 1.807) is 29.1 Å². The van der Waals surface area contributed by atoms with E-state index in [1.165, 1.54) is 30.3 Å². The first-order chi connectivity index (χ1) is 14.2. The highest BCUT2D eigenvalue weighted by Crippen LogP contribution is 2.41. The smallest absolute Gasteiger partial charge is 0.430 e. The average Bonchev–Trinajstić information content (AvgIpc) is 3.25. The Balaban J connectivity index is 1.76. The van der Waals surface area contributed by atoms with Gasteiger partial charge in [0.05, 0.1) is 5.56 Å². The summed E-state index contributed by atoms with van der Waals surface area (Å²) in [4.78, 5) is 16.5. The molecule has 1 unspecified atom stereocenters. The van der Waals surface area contributed by atoms with E-state index in [0.717, 1.165) is 17.1 Å². The van der Waals surface area contributed by atoms with Crippen molar-refractivity contribution in [3.8, 4) is 17.1 Å². The zero-order valence-electron chi connectivity index (χ0n) is 16.0. The van der Waals surface area contributed by atoms with Crippen molar-refractivity contribution in [3.63, 3.8) is 0 Å². The van der Waals surface area contributed by atoms with Crippen molar-refractivity contribution in [2.75, 3.05) is 12.1 Å². The number of anilines is 1. The predicted octanol–water partition coefficient (Wildman–Crippen LogP) is 4.31. The number of phenols is 1. The number of hydrazine groups is 1. The van der Waals surface area contributed by atoms with Crippen LogP contribution >= 0.6 is 0 Å². The highest BCUT2D eigenvalue weighted by Gasteiger charge is 2.40. The molecule has 0 aliphatic carbocycles. The first-order valence-electron chi connectivity index (χ1n) is 8.88. The van der Waals surface area contributed by atoms with Crippen molar-refractivity contribution in [3.05, 3.63) is 66.0 Å². The molecule has 1 N–H and O–H groups in total. The van der Waals surface area contributed by atoms with E-state index in [9.17, 15) is 23.1 Å². The Hall–Kier alpha value is -3.69. The molecular weight excluding hydrogens is 401 g/mol. The summed E-state index contributed by atoms with van der Waals surface area (Å²) in [5.74, 6) is 0.506. The van der Waals surface area contributed by atoms with Crippen LogP contribution in [0.15, 0.2) is 54.9 Å². The second-order valence-corrected chi connectivity index (χ2v) is 6.79. The molecule has 4 rings (SSSR count). The standard InChI is InChI=1S/C20H17F3N4O3/c1-25-10-9-24-17(25)13-5-8-16(28)15(11-13)27-18(30-19(29)26(27)2)12-3-6-14(7-4-12)20(21,22)23/h3-11,18,28H,1-2H3. The molecule has 10 heteroatoms. The minimum atomic E-state index is -4.48. The van der Waals surface area contributed by atoms with Crippen LogP contribution < -0.4 is 5.01 Å². The Morgan fingerprint density at radius 2 is 1.80 bits per heavy atom. The molecule has 7 nitrogen and oxygen atoms in total. The van der Waals surface area contributed by atoms with Crippen LogP contribution in [0, 0.1) is 0 Å². The molecule has 1 atom stereocenters. The molecule has 0 saturated carbocycles. The molecule has 1 aliphatic heterocycles. The molecule has 1 saturated heterocycles. The van der Waals surface area contributed by atoms with E-state index in [-0.39, 0.29) is 11.4 Å². The number of aromatic hydroxyl groups is 1. The lowest BCUT2D eigenvalue weighted by molar-refractivity contribution is -0.137. The number of rotatable bonds is 3. The van der Waals surface area contributed by atoms with E-state index in [2.05, 4.69) is 4.98 Å². The van der Waals surface area contributed by atoms with Crippen LogP contribution in [0.4, 0.5) is 23.7 Å². The highest BCUT2D eigenvalue weighted by molar-refractivity contribution is 5.77. The summed E-state index contributed by atoms with van der Waals surface area (Å²) >= 11 is 0. The number of imidazole rings is 1. The number of alkyl halides is 3. The molecule has 2 aromatic carbocycles. The van der Waals surface area contributed by atoms with E-state index < -0.39 is 24.1 Å². The van der Waals surface area contributed by atoms with Crippen molar-refractivity contribution in [2.24, 2.45) is 7.05 Å². The number of halogens is 3. The second kappa shape index (κ2) is 6.97. The predicted molar refractivity (Wildman–Crippen MR) is 101 cm³/mol. The van der Waals surface area contributed by atoms with Crippen molar-refractivity contribution in [1.82, 2.24) is 14.6 Å². The van der Waals surface area contributed by atoms with E-state index in [4.69, 9.17) is 4.74 Å². The van der Waals surface area contributed by atoms with Gasteiger partial charge in [-0.05, 0) is 30.3 Å². The van der Waals surface area contributed by atoms with Crippen LogP contribution in [0.5, 0.6) is 5.75 Å². The number of phenolic OH excluding ortho intramolecular Hbond substituents is 1. The largest absolute Gasteiger partial charge is 0.506 e. The van der Waals surface area contributed by atoms with Gasteiger partial charge in [-0.25, -0.2) is 19.8 Å². The summed E-state index contributed by atoms with van der Waals surface area (Å²) in [7, 11) is 3.26. The third kappa shape index (κ3) is 3.30. The van der Waals surface area contributed by atoms with Gasteiger partial charge in [0.15, 0.2) is 0 Å². The van der Waals surface area contributed by atoms with Crippen LogP contribution in [0.2, 0.25) is 0 Å². The minimum absolute atomic E-state index is 0.130. The number of benzene rings is 2. The zero-order chi connectivity index (χ0) is 21.6. The Morgan fingerprint density at radius 1 is 1.10 bits per heavy atom. The summed E-state index contributed by atoms with van der Waals surface area (Å²) in [6.07, 6.45) is -2.84. The summed E-state index contributed by atoms with van der Waals surface area (Å²) in [6.45, 7) is 0. The number of cyclic esters (lactones) is 1. The number of aromatic nitrogens is 2. The number of amides is 1. The summed E-state index contributed by atoms with van der Waals surface area (Å²) in [5, 5.41) is 13.0. The number of aryl methyl sites for hydroxylation is 1. The third-order valence-corrected chi connectivity index (χ3v) is 4.85. The molecule has 3 aromatic rings. The Labute approximate surface area is 169 Å². The number of ether oxygens (including phenoxy) is 1. The van der Waals surface area contributed by atoms with Crippen molar-refractivity contribution < 1.29 is 27.8 Å². The van der Waals surface area contributed by atoms with Gasteiger partial charge in [-0.3, -0.25) is 0 Å². The van der Waals surface area contributed by atoms with Crippen LogP contribution in [0.25, 0.3) is 11.4 Å². The number of carbonyl (C=O) groups excluding carboxylic acids is 1. The van der Waals surface area contributed by atoms with Gasteiger partial charge in [-0.1, -0.05) is 12.1 Å². The lowest BCUT2D eigenvalue weighted by Crippen LogP contribution is -2.36. The summed E-state index contributed by atoms with van der Waals surface area (Å²) < 4.78 is 45.8. The molecule has 1 fully saturated rings. The average molecular weight is 418 g/mol. The maximum Gasteiger partial charge on any atom is 0.430 e. The SMILES string of the molecule is CN1C(=O)OC(c2ccc(C(F)(F)F)cc2)N1c1cc(-c2nccn2C)ccc1O. The molecule has 1 aromatic heterocycles. The first kappa shape index (κ1) is 19.6. The number of hydrogen-bond donors (Lipinski definition) is 1. The Kier molecular flexibility index (Phi) is 4.56. The van der Waals surface area contributed by atoms with Gasteiger partial charge in [0, 0.05) is 37.6 Å². The third-order valence-electron chi connectivity index (χ3n) is 4.85. The van der Waals surface area contributed by atoms with Gasteiger partial charge >= 0.3 is 12.3 Å². The van der Waals surface area contributed by atoms with E-state index in [1.807, 2.05) is 7.05 Å². The van der Waals surface area contributed by atoms with Crippen LogP contribution in [0.1, 0.15) is 17.4 Å². The maximum atomic E-state index is 12.9. The number of carbonyl (C=O) groups is 1. The summed E-state index contributed by atoms with van der Waals surface area (Å²) in [5.41, 5.74) is 0.431. The van der Waals surface area contributed by atoms with Crippen molar-refractivity contribution >= 4 is 11.8 Å². The molecule has 1 amide bonds. The van der Waals surface area contributed by atoms with Gasteiger partial charge in [0.25, 0.3) is 0 Å². The fraction of sp³-hybridized carbons (Fsp3) is 0.200. The van der Waals surface area contributed by atoms with E-state index >= 15 is 0 Å². The topological polar surface area (TPSA) is 70.8 Å². The number of hydrogen-bond acceptors (Lipinski definition) is 5. The molecule has 1 aliphatic rings. The lowest BCUT2D eigenvalue weighted by atomic mass is 10.1. The summed E-state index contributed by atoms with van der Waals surface area (Å²) in [6, 6.07) is 9.09. The van der Waals surface area contributed by atoms with Crippen LogP contribution in [-0.4, -0.2) is 32.8 Å². The second-order valence-electron chi connectivity index (χ2n) is 6.79. The quantitative estimate of drug-likeness (QED) is 0.686. The normalized spacial score (nSPS) is 16.8. The number of nitrogens with zero attached hydrogens (tertiary/aromatic N) is 4. The molecule has 0 spiro atoms. The van der Waals surface area contributed by atoms with Crippen LogP contribution in [0.3, 0.4) is 0 Å². The molecule has 0 bridgehead atoms. The first-order valence-corrected chi connectivity index (χ1v) is 8.88. The highest BCUT2D eigenvalue weighted by atomic mass is 19.4. The Bertz CT molecular complexity index is 1100. The molecule has 30 heavy (non-hydrogen) atoms. The van der Waals surface area contributed by atoms with Gasteiger partial charge in [0.2, 0.25) is 6.23 Å². The van der Waals surface area contributed by atoms with Crippen molar-refractivity contribution in [2.45, 2.75) is 12.4 Å². The van der Waals surface area contributed by atoms with Crippen LogP contribution in [-0.2, 0) is 18.0 Å². The van der Waals surface area contributed by atoms with E-state index in [0.29, 0.717) is 17.0 Å². The fourth-order valence-electron chi connectivity index (χ4n) is 3.29. The fourth-order valence-corrected chi connectivity index (χ4v) is 3.29. The lowest BCUT2D eigenvalue weighted by Gasteiger charge is -2.29. The molecule has 2 heterocycles. The van der Waals surface area contributed by atoms with Gasteiger partial charge in [0.1, 0.15) is 17.3 Å². The van der Waals surface area contributed by atoms with Gasteiger partial charge in [-0.15, -0.1) is 0 Å². The molecule has 156 valence electrons. The molecular formula is C20H17F3N4O3. The van der Waals surface area contributed by atoms with Gasteiger partial charge in [-0.2, -0.15) is 13.2 Å². The molecule has 0 radical (unpaired) electrons. The van der Waals surface area contributed by atoms with Crippen molar-refractivity contribution in [1.29, 1.82) is 0 Å². The minimum Gasteiger partial charge on any atom is -0.506 e. The Morgan fingerprint density at radius 3 is 2.40 bits per heavy atom. The maximum absolute atomic E-state index is 12.9. The zero-order valence-corrected chi connectivity index (χ0v) is 16.0.